The molecule has 0 saturated carbocycles. The average molecular weight is 544 g/mol. The van der Waals surface area contributed by atoms with Crippen LogP contribution in [0.15, 0.2) is 48.5 Å². The summed E-state index contributed by atoms with van der Waals surface area (Å²) in [4.78, 5) is 28.1. The summed E-state index contributed by atoms with van der Waals surface area (Å²) in [6.45, 7) is 3.60. The molecule has 0 fully saturated rings. The molecule has 2 amide bonds. The number of carbonyl (C=O) groups excluding carboxylic acids is 2. The zero-order valence-electron chi connectivity index (χ0n) is 20.4. The summed E-state index contributed by atoms with van der Waals surface area (Å²) in [5, 5.41) is 3.52. The van der Waals surface area contributed by atoms with E-state index in [0.29, 0.717) is 34.3 Å². The summed E-state index contributed by atoms with van der Waals surface area (Å²) in [6.07, 6.45) is 1.05. The highest BCUT2D eigenvalue weighted by molar-refractivity contribution is 7.90. The molecule has 0 unspecified atom stereocenters. The van der Waals surface area contributed by atoms with E-state index < -0.39 is 28.7 Å². The van der Waals surface area contributed by atoms with Crippen LogP contribution in [0.3, 0.4) is 0 Å². The summed E-state index contributed by atoms with van der Waals surface area (Å²) < 4.78 is 28.3. The number of nitrogens with one attached hydrogen (secondary N) is 1. The number of halogens is 2. The van der Waals surface area contributed by atoms with E-state index in [-0.39, 0.29) is 12.5 Å². The summed E-state index contributed by atoms with van der Waals surface area (Å²) in [5.74, 6) is -0.888. The van der Waals surface area contributed by atoms with Crippen molar-refractivity contribution in [1.82, 2.24) is 14.5 Å². The zero-order valence-corrected chi connectivity index (χ0v) is 22.7. The van der Waals surface area contributed by atoms with Gasteiger partial charge in [-0.2, -0.15) is 12.7 Å². The predicted molar refractivity (Wildman–Crippen MR) is 141 cm³/mol. The van der Waals surface area contributed by atoms with Gasteiger partial charge in [0.2, 0.25) is 11.8 Å². The number of hydrogen-bond acceptors (Lipinski definition) is 4. The largest absolute Gasteiger partial charge is 0.354 e. The summed E-state index contributed by atoms with van der Waals surface area (Å²) in [6, 6.07) is 12.5. The molecule has 0 bridgehead atoms. The fourth-order valence-corrected chi connectivity index (χ4v) is 5.02. The first kappa shape index (κ1) is 28.9. The minimum atomic E-state index is -4.01. The second kappa shape index (κ2) is 13.1. The Bertz CT molecular complexity index is 1090. The van der Waals surface area contributed by atoms with E-state index in [4.69, 9.17) is 23.2 Å². The number of benzene rings is 2. The van der Waals surface area contributed by atoms with Crippen LogP contribution in [0.5, 0.6) is 0 Å². The maximum atomic E-state index is 13.7. The molecule has 0 saturated heterocycles. The van der Waals surface area contributed by atoms with Crippen molar-refractivity contribution < 1.29 is 18.0 Å². The Morgan fingerprint density at radius 3 is 2.09 bits per heavy atom. The van der Waals surface area contributed by atoms with Gasteiger partial charge in [-0.3, -0.25) is 9.59 Å². The second-order valence-corrected chi connectivity index (χ2v) is 11.0. The highest BCUT2D eigenvalue weighted by atomic mass is 35.5. The quantitative estimate of drug-likeness (QED) is 0.439. The minimum Gasteiger partial charge on any atom is -0.354 e. The highest BCUT2D eigenvalue weighted by Gasteiger charge is 2.34. The first-order valence-electron chi connectivity index (χ1n) is 11.3. The van der Waals surface area contributed by atoms with Crippen molar-refractivity contribution in [3.63, 3.8) is 0 Å². The lowest BCUT2D eigenvalue weighted by Crippen LogP contribution is -2.53. The van der Waals surface area contributed by atoms with Crippen molar-refractivity contribution in [2.45, 2.75) is 39.3 Å². The Labute approximate surface area is 218 Å². The first-order valence-corrected chi connectivity index (χ1v) is 13.4. The molecule has 0 spiro atoms. The Balaban J connectivity index is 2.52. The van der Waals surface area contributed by atoms with Gasteiger partial charge in [-0.1, -0.05) is 61.3 Å². The Morgan fingerprint density at radius 2 is 1.57 bits per heavy atom. The fourth-order valence-electron chi connectivity index (χ4n) is 3.45. The van der Waals surface area contributed by atoms with Crippen LogP contribution in [0.4, 0.5) is 5.69 Å². The number of nitrogens with zero attached hydrogens (tertiary/aromatic N) is 3. The van der Waals surface area contributed by atoms with Gasteiger partial charge in [-0.25, -0.2) is 4.31 Å². The van der Waals surface area contributed by atoms with Gasteiger partial charge in [0.05, 0.1) is 5.69 Å². The molecule has 35 heavy (non-hydrogen) atoms. The normalized spacial score (nSPS) is 12.3. The Morgan fingerprint density at radius 1 is 0.971 bits per heavy atom. The fraction of sp³-hybridized carbons (Fsp3) is 0.417. The maximum absolute atomic E-state index is 13.7. The number of rotatable bonds is 12. The number of para-hydroxylation sites is 1. The molecule has 192 valence electrons. The molecule has 0 aliphatic carbocycles. The Hall–Kier alpha value is -2.33. The first-order chi connectivity index (χ1) is 16.5. The summed E-state index contributed by atoms with van der Waals surface area (Å²) in [5.41, 5.74) is 0.807. The van der Waals surface area contributed by atoms with Crippen LogP contribution >= 0.6 is 23.2 Å². The van der Waals surface area contributed by atoms with E-state index >= 15 is 0 Å². The maximum Gasteiger partial charge on any atom is 0.304 e. The van der Waals surface area contributed by atoms with Crippen molar-refractivity contribution in [1.29, 1.82) is 0 Å². The van der Waals surface area contributed by atoms with Crippen LogP contribution in [-0.2, 0) is 26.3 Å². The van der Waals surface area contributed by atoms with Gasteiger partial charge in [-0.05, 0) is 37.1 Å². The van der Waals surface area contributed by atoms with Crippen LogP contribution in [0, 0.1) is 0 Å². The van der Waals surface area contributed by atoms with Crippen LogP contribution in [0.1, 0.15) is 32.3 Å². The SMILES string of the molecule is CCCNC(=O)[C@H](CC)N(Cc1c(Cl)cccc1Cl)C(=O)CN(c1ccccc1)S(=O)(=O)N(C)C. The number of hydrogen-bond donors (Lipinski definition) is 1. The molecular formula is C24H32Cl2N4O4S. The van der Waals surface area contributed by atoms with E-state index in [0.717, 1.165) is 15.0 Å². The van der Waals surface area contributed by atoms with E-state index in [9.17, 15) is 18.0 Å². The van der Waals surface area contributed by atoms with Crippen LogP contribution in [-0.4, -0.2) is 62.7 Å². The average Bonchev–Trinajstić information content (AvgIpc) is 2.82. The molecule has 0 aromatic heterocycles. The molecule has 8 nitrogen and oxygen atoms in total. The topological polar surface area (TPSA) is 90.0 Å². The van der Waals surface area contributed by atoms with Crippen molar-refractivity contribution in [3.05, 3.63) is 64.1 Å². The molecule has 11 heteroatoms. The molecule has 1 atom stereocenters. The number of amides is 2. The lowest BCUT2D eigenvalue weighted by atomic mass is 10.1. The lowest BCUT2D eigenvalue weighted by molar-refractivity contribution is -0.140. The molecule has 0 heterocycles. The van der Waals surface area contributed by atoms with Gasteiger partial charge >= 0.3 is 10.2 Å². The molecule has 0 aliphatic heterocycles. The van der Waals surface area contributed by atoms with Crippen molar-refractivity contribution in [3.8, 4) is 0 Å². The monoisotopic (exact) mass is 542 g/mol. The third-order valence-corrected chi connectivity index (χ3v) is 7.92. The smallest absolute Gasteiger partial charge is 0.304 e. The van der Waals surface area contributed by atoms with Crippen molar-refractivity contribution in [2.24, 2.45) is 0 Å². The molecular weight excluding hydrogens is 511 g/mol. The van der Waals surface area contributed by atoms with E-state index in [1.807, 2.05) is 6.92 Å². The Kier molecular flexibility index (Phi) is 10.8. The minimum absolute atomic E-state index is 0.0555. The standard InChI is InChI=1S/C24H32Cl2N4O4S/c1-5-15-27-24(32)22(6-2)29(16-19-20(25)13-10-14-21(19)26)23(31)17-30(35(33,34)28(3)4)18-11-8-7-9-12-18/h7-14,22H,5-6,15-17H2,1-4H3,(H,27,32)/t22-/m0/s1. The second-order valence-electron chi connectivity index (χ2n) is 8.07. The van der Waals surface area contributed by atoms with E-state index in [1.54, 1.807) is 55.5 Å². The van der Waals surface area contributed by atoms with Gasteiger partial charge in [0.25, 0.3) is 0 Å². The van der Waals surface area contributed by atoms with Crippen molar-refractivity contribution in [2.75, 3.05) is 31.5 Å². The molecule has 2 aromatic carbocycles. The van der Waals surface area contributed by atoms with Gasteiger partial charge in [-0.15, -0.1) is 0 Å². The molecule has 0 aliphatic rings. The predicted octanol–water partition coefficient (Wildman–Crippen LogP) is 3.94. The zero-order chi connectivity index (χ0) is 26.2. The lowest BCUT2D eigenvalue weighted by Gasteiger charge is -2.34. The van der Waals surface area contributed by atoms with Crippen molar-refractivity contribution >= 4 is 50.9 Å². The van der Waals surface area contributed by atoms with Gasteiger partial charge < -0.3 is 10.2 Å². The third kappa shape index (κ3) is 7.33. The van der Waals surface area contributed by atoms with Crippen LogP contribution < -0.4 is 9.62 Å². The van der Waals surface area contributed by atoms with Gasteiger partial charge in [0, 0.05) is 42.8 Å². The van der Waals surface area contributed by atoms with Gasteiger partial charge in [0.1, 0.15) is 12.6 Å². The number of carbonyl (C=O) groups is 2. The molecule has 2 rings (SSSR count). The summed E-state index contributed by atoms with van der Waals surface area (Å²) in [7, 11) is -1.22. The number of anilines is 1. The van der Waals surface area contributed by atoms with Gasteiger partial charge in [0.15, 0.2) is 0 Å². The van der Waals surface area contributed by atoms with E-state index in [2.05, 4.69) is 5.32 Å². The van der Waals surface area contributed by atoms with E-state index in [1.165, 1.54) is 19.0 Å². The highest BCUT2D eigenvalue weighted by Crippen LogP contribution is 2.28. The summed E-state index contributed by atoms with van der Waals surface area (Å²) >= 11 is 12.7. The third-order valence-electron chi connectivity index (χ3n) is 5.39. The van der Waals surface area contributed by atoms with Crippen LogP contribution in [0.2, 0.25) is 10.0 Å². The van der Waals surface area contributed by atoms with Crippen LogP contribution in [0.25, 0.3) is 0 Å². The molecule has 1 N–H and O–H groups in total. The molecule has 0 radical (unpaired) electrons. The molecule has 2 aromatic rings.